The maximum atomic E-state index is 12.2. The van der Waals surface area contributed by atoms with Crippen LogP contribution in [0.25, 0.3) is 12.2 Å². The molecule has 0 heterocycles. The number of hydrogen-bond acceptors (Lipinski definition) is 7. The van der Waals surface area contributed by atoms with Crippen LogP contribution in [0.2, 0.25) is 0 Å². The summed E-state index contributed by atoms with van der Waals surface area (Å²) in [6.45, 7) is 0.0536. The van der Waals surface area contributed by atoms with E-state index in [2.05, 4.69) is 0 Å². The molecule has 0 aliphatic carbocycles. The van der Waals surface area contributed by atoms with E-state index < -0.39 is 0 Å². The monoisotopic (exact) mass is 411 g/mol. The van der Waals surface area contributed by atoms with Gasteiger partial charge in [-0.15, -0.1) is 0 Å². The average Bonchev–Trinajstić information content (AvgIpc) is 2.72. The Labute approximate surface area is 174 Å². The van der Waals surface area contributed by atoms with Crippen LogP contribution in [0, 0.1) is 0 Å². The number of aliphatic hydroxyl groups is 1. The summed E-state index contributed by atoms with van der Waals surface area (Å²) in [5.74, 6) is -0.520. The number of ketones is 2. The number of aliphatic hydroxyl groups excluding tert-OH is 1. The van der Waals surface area contributed by atoms with Crippen LogP contribution in [0.5, 0.6) is 17.2 Å². The first kappa shape index (κ1) is 22.9. The van der Waals surface area contributed by atoms with Crippen molar-refractivity contribution in [3.63, 3.8) is 0 Å². The zero-order valence-corrected chi connectivity index (χ0v) is 16.7. The number of benzene rings is 2. The molecule has 30 heavy (non-hydrogen) atoms. The summed E-state index contributed by atoms with van der Waals surface area (Å²) in [5.41, 5.74) is 8.00. The number of ether oxygens (including phenoxy) is 1. The first-order valence-electron chi connectivity index (χ1n) is 9.32. The number of phenols is 2. The maximum absolute atomic E-state index is 12.2. The molecule has 0 unspecified atom stereocenters. The minimum atomic E-state index is -0.381. The van der Waals surface area contributed by atoms with Crippen molar-refractivity contribution in [1.82, 2.24) is 0 Å². The number of aromatic hydroxyl groups is 2. The standard InChI is InChI=1S/C23H25NO6/c1-30-23-12-16(17(8-9-24)11-22(23)29)4-6-20(27)13-19(26)5-2-15-3-7-21(28)18(10-15)14-25/h2-7,10-12,25,28-29H,8-9,13-14,24H2,1H3. The molecule has 2 rings (SSSR count). The summed E-state index contributed by atoms with van der Waals surface area (Å²) in [4.78, 5) is 24.2. The average molecular weight is 411 g/mol. The van der Waals surface area contributed by atoms with Crippen LogP contribution in [0.1, 0.15) is 28.7 Å². The largest absolute Gasteiger partial charge is 0.508 e. The molecular weight excluding hydrogens is 386 g/mol. The second kappa shape index (κ2) is 10.9. The lowest BCUT2D eigenvalue weighted by Gasteiger charge is -2.10. The van der Waals surface area contributed by atoms with Gasteiger partial charge in [-0.3, -0.25) is 9.59 Å². The minimum absolute atomic E-state index is 0.0108. The Hall–Kier alpha value is -3.42. The van der Waals surface area contributed by atoms with Crippen molar-refractivity contribution >= 4 is 23.7 Å². The van der Waals surface area contributed by atoms with Crippen LogP contribution >= 0.6 is 0 Å². The van der Waals surface area contributed by atoms with Gasteiger partial charge in [0.2, 0.25) is 0 Å². The van der Waals surface area contributed by atoms with Gasteiger partial charge in [-0.1, -0.05) is 18.2 Å². The summed E-state index contributed by atoms with van der Waals surface area (Å²) < 4.78 is 5.09. The van der Waals surface area contributed by atoms with Gasteiger partial charge in [0.25, 0.3) is 0 Å². The Balaban J connectivity index is 2.06. The predicted molar refractivity (Wildman–Crippen MR) is 114 cm³/mol. The van der Waals surface area contributed by atoms with Gasteiger partial charge in [0.05, 0.1) is 20.1 Å². The second-order valence-corrected chi connectivity index (χ2v) is 6.58. The van der Waals surface area contributed by atoms with E-state index in [1.54, 1.807) is 30.3 Å². The summed E-state index contributed by atoms with van der Waals surface area (Å²) in [7, 11) is 1.43. The normalized spacial score (nSPS) is 11.3. The third-order valence-electron chi connectivity index (χ3n) is 4.39. The van der Waals surface area contributed by atoms with E-state index in [4.69, 9.17) is 15.6 Å². The maximum Gasteiger partial charge on any atom is 0.163 e. The molecule has 0 amide bonds. The second-order valence-electron chi connectivity index (χ2n) is 6.58. The van der Waals surface area contributed by atoms with E-state index >= 15 is 0 Å². The molecule has 0 bridgehead atoms. The quantitative estimate of drug-likeness (QED) is 0.349. The zero-order valence-electron chi connectivity index (χ0n) is 16.7. The fourth-order valence-corrected chi connectivity index (χ4v) is 2.82. The van der Waals surface area contributed by atoms with Crippen molar-refractivity contribution < 1.29 is 29.6 Å². The topological polar surface area (TPSA) is 130 Å². The molecule has 7 heteroatoms. The first-order valence-corrected chi connectivity index (χ1v) is 9.32. The van der Waals surface area contributed by atoms with Gasteiger partial charge >= 0.3 is 0 Å². The number of methoxy groups -OCH3 is 1. The van der Waals surface area contributed by atoms with E-state index in [0.29, 0.717) is 29.7 Å². The van der Waals surface area contributed by atoms with Crippen molar-refractivity contribution in [2.24, 2.45) is 5.73 Å². The molecule has 5 N–H and O–H groups in total. The Morgan fingerprint density at radius 1 is 1.00 bits per heavy atom. The number of carbonyl (C=O) groups excluding carboxylic acids is 2. The zero-order chi connectivity index (χ0) is 22.1. The highest BCUT2D eigenvalue weighted by atomic mass is 16.5. The third-order valence-corrected chi connectivity index (χ3v) is 4.39. The van der Waals surface area contributed by atoms with E-state index in [-0.39, 0.29) is 41.8 Å². The number of nitrogens with two attached hydrogens (primary N) is 1. The molecule has 2 aromatic rings. The van der Waals surface area contributed by atoms with Crippen molar-refractivity contribution in [3.8, 4) is 17.2 Å². The highest BCUT2D eigenvalue weighted by Gasteiger charge is 2.09. The van der Waals surface area contributed by atoms with Crippen LogP contribution < -0.4 is 10.5 Å². The highest BCUT2D eigenvalue weighted by molar-refractivity contribution is 6.10. The molecule has 0 aliphatic heterocycles. The van der Waals surface area contributed by atoms with Crippen molar-refractivity contribution in [2.45, 2.75) is 19.4 Å². The Bertz CT molecular complexity index is 978. The lowest BCUT2D eigenvalue weighted by molar-refractivity contribution is -0.121. The SMILES string of the molecule is COc1cc(C=CC(=O)CC(=O)C=Cc2ccc(O)c(CO)c2)c(CCN)cc1O. The Kier molecular flexibility index (Phi) is 8.34. The van der Waals surface area contributed by atoms with Gasteiger partial charge in [-0.2, -0.15) is 0 Å². The predicted octanol–water partition coefficient (Wildman–Crippen LogP) is 2.35. The van der Waals surface area contributed by atoms with Crippen molar-refractivity contribution in [3.05, 3.63) is 64.7 Å². The number of hydrogen-bond donors (Lipinski definition) is 4. The van der Waals surface area contributed by atoms with Crippen LogP contribution in [-0.4, -0.2) is 40.5 Å². The number of carbonyl (C=O) groups is 2. The molecule has 0 aromatic heterocycles. The molecule has 158 valence electrons. The van der Waals surface area contributed by atoms with Crippen LogP contribution in [-0.2, 0) is 22.6 Å². The van der Waals surface area contributed by atoms with Crippen molar-refractivity contribution in [1.29, 1.82) is 0 Å². The lowest BCUT2D eigenvalue weighted by Crippen LogP contribution is -2.05. The van der Waals surface area contributed by atoms with Gasteiger partial charge in [0, 0.05) is 5.56 Å². The summed E-state index contributed by atoms with van der Waals surface area (Å²) >= 11 is 0. The Morgan fingerprint density at radius 3 is 2.33 bits per heavy atom. The van der Waals surface area contributed by atoms with Crippen molar-refractivity contribution in [2.75, 3.05) is 13.7 Å². The summed E-state index contributed by atoms with van der Waals surface area (Å²) in [5, 5.41) is 28.6. The molecule has 2 aromatic carbocycles. The van der Waals surface area contributed by atoms with Gasteiger partial charge in [0.1, 0.15) is 5.75 Å². The highest BCUT2D eigenvalue weighted by Crippen LogP contribution is 2.30. The molecular formula is C23H25NO6. The van der Waals surface area contributed by atoms with E-state index in [0.717, 1.165) is 5.56 Å². The Morgan fingerprint density at radius 2 is 1.70 bits per heavy atom. The van der Waals surface area contributed by atoms with Crippen LogP contribution in [0.15, 0.2) is 42.5 Å². The van der Waals surface area contributed by atoms with Gasteiger partial charge in [0.15, 0.2) is 23.1 Å². The van der Waals surface area contributed by atoms with Crippen LogP contribution in [0.4, 0.5) is 0 Å². The molecule has 0 saturated heterocycles. The number of rotatable bonds is 10. The molecule has 0 saturated carbocycles. The minimum Gasteiger partial charge on any atom is -0.508 e. The summed E-state index contributed by atoms with van der Waals surface area (Å²) in [6, 6.07) is 7.72. The lowest BCUT2D eigenvalue weighted by atomic mass is 10.0. The number of allylic oxidation sites excluding steroid dienone is 2. The fraction of sp³-hybridized carbons (Fsp3) is 0.217. The molecule has 0 aliphatic rings. The van der Waals surface area contributed by atoms with Gasteiger partial charge in [-0.25, -0.2) is 0 Å². The smallest absolute Gasteiger partial charge is 0.163 e. The molecule has 0 radical (unpaired) electrons. The van der Waals surface area contributed by atoms with E-state index in [1.807, 2.05) is 0 Å². The third kappa shape index (κ3) is 6.30. The molecule has 0 atom stereocenters. The van der Waals surface area contributed by atoms with Gasteiger partial charge in [-0.05, 0) is 66.1 Å². The molecule has 0 fully saturated rings. The first-order chi connectivity index (χ1) is 14.4. The molecule has 7 nitrogen and oxygen atoms in total. The van der Waals surface area contributed by atoms with E-state index in [1.165, 1.54) is 31.4 Å². The summed E-state index contributed by atoms with van der Waals surface area (Å²) in [6.07, 6.45) is 5.88. The van der Waals surface area contributed by atoms with E-state index in [9.17, 15) is 19.8 Å². The number of phenolic OH excluding ortho intramolecular Hbond substituents is 1. The fourth-order valence-electron chi connectivity index (χ4n) is 2.82. The van der Waals surface area contributed by atoms with Crippen LogP contribution in [0.3, 0.4) is 0 Å². The van der Waals surface area contributed by atoms with Gasteiger partial charge < -0.3 is 25.8 Å². The molecule has 0 spiro atoms.